The highest BCUT2D eigenvalue weighted by Crippen LogP contribution is 2.10. The van der Waals surface area contributed by atoms with Crippen LogP contribution in [0.4, 0.5) is 0 Å². The van der Waals surface area contributed by atoms with E-state index < -0.39 is 29.7 Å². The molecule has 0 fully saturated rings. The summed E-state index contributed by atoms with van der Waals surface area (Å²) >= 11 is 0. The first-order valence-corrected chi connectivity index (χ1v) is 9.78. The van der Waals surface area contributed by atoms with E-state index in [1.54, 1.807) is 38.1 Å². The van der Waals surface area contributed by atoms with E-state index in [1.165, 1.54) is 0 Å². The van der Waals surface area contributed by atoms with Gasteiger partial charge in [0, 0.05) is 43.9 Å². The molecule has 8 heteroatoms. The number of hydrogen-bond donors (Lipinski definition) is 2. The number of ketones is 2. The molecule has 2 rings (SSSR count). The number of hydrogen-bond acceptors (Lipinski definition) is 6. The number of Topliss-reactive ketones (excluding diaryl/α,β-unsaturated/α-hetero) is 2. The summed E-state index contributed by atoms with van der Waals surface area (Å²) in [5.41, 5.74) is 1.53. The number of carbonyl (C=O) groups excluding carboxylic acids is 5. The highest BCUT2D eigenvalue weighted by Gasteiger charge is 2.25. The molecule has 160 valence electrons. The zero-order valence-corrected chi connectivity index (χ0v) is 17.1. The molecule has 0 saturated carbocycles. The molecule has 0 unspecified atom stereocenters. The highest BCUT2D eigenvalue weighted by atomic mass is 16.3. The zero-order chi connectivity index (χ0) is 22.3. The van der Waals surface area contributed by atoms with Crippen LogP contribution in [0.5, 0.6) is 0 Å². The third-order valence-electron chi connectivity index (χ3n) is 4.92. The number of amides is 3. The number of rotatable bonds is 11. The van der Waals surface area contributed by atoms with Crippen molar-refractivity contribution in [2.75, 3.05) is 6.54 Å². The van der Waals surface area contributed by atoms with Crippen molar-refractivity contribution in [2.45, 2.75) is 45.8 Å². The molecule has 2 atom stereocenters. The molecule has 0 bridgehead atoms. The summed E-state index contributed by atoms with van der Waals surface area (Å²) in [5, 5.41) is 11.7. The van der Waals surface area contributed by atoms with Crippen LogP contribution in [0, 0.1) is 5.92 Å². The minimum absolute atomic E-state index is 0.0121. The summed E-state index contributed by atoms with van der Waals surface area (Å²) < 4.78 is 0. The predicted octanol–water partition coefficient (Wildman–Crippen LogP) is 0.706. The van der Waals surface area contributed by atoms with Crippen molar-refractivity contribution in [2.24, 2.45) is 5.92 Å². The predicted molar refractivity (Wildman–Crippen MR) is 108 cm³/mol. The van der Waals surface area contributed by atoms with Crippen LogP contribution >= 0.6 is 0 Å². The Balaban J connectivity index is 1.76. The minimum Gasteiger partial charge on any atom is -0.392 e. The quantitative estimate of drug-likeness (QED) is 0.515. The van der Waals surface area contributed by atoms with Crippen molar-refractivity contribution in [3.8, 4) is 0 Å². The molecule has 30 heavy (non-hydrogen) atoms. The van der Waals surface area contributed by atoms with E-state index in [9.17, 15) is 24.0 Å². The lowest BCUT2D eigenvalue weighted by molar-refractivity contribution is -0.137. The molecule has 1 aromatic carbocycles. The lowest BCUT2D eigenvalue weighted by Gasteiger charge is -2.17. The van der Waals surface area contributed by atoms with E-state index in [0.29, 0.717) is 0 Å². The molecule has 0 radical (unpaired) electrons. The monoisotopic (exact) mass is 414 g/mol. The Morgan fingerprint density at radius 2 is 1.57 bits per heavy atom. The first-order chi connectivity index (χ1) is 14.2. The summed E-state index contributed by atoms with van der Waals surface area (Å²) in [5.74, 6) is -2.35. The largest absolute Gasteiger partial charge is 0.392 e. The van der Waals surface area contributed by atoms with Gasteiger partial charge >= 0.3 is 0 Å². The molecule has 0 aliphatic carbocycles. The van der Waals surface area contributed by atoms with E-state index in [0.717, 1.165) is 28.2 Å². The Bertz CT molecular complexity index is 841. The van der Waals surface area contributed by atoms with Gasteiger partial charge < -0.3 is 10.4 Å². The molecule has 3 amide bonds. The first-order valence-electron chi connectivity index (χ1n) is 9.78. The molecule has 8 nitrogen and oxygen atoms in total. The maximum atomic E-state index is 12.4. The number of benzene rings is 1. The van der Waals surface area contributed by atoms with Crippen LogP contribution in [0.3, 0.4) is 0 Å². The second kappa shape index (κ2) is 10.6. The number of aliphatic hydroxyl groups excluding tert-OH is 1. The fraction of sp³-hybridized carbons (Fsp3) is 0.409. The summed E-state index contributed by atoms with van der Waals surface area (Å²) in [6, 6.07) is 6.27. The fourth-order valence-electron chi connectivity index (χ4n) is 2.98. The average Bonchev–Trinajstić information content (AvgIpc) is 3.04. The standard InChI is InChI=1S/C22H26N2O6/c1-14(11-18(26)9-10-24-20(28)7-8-21(24)29)22(30)23-15(2)19(27)12-16-3-5-17(13-25)6-4-16/h3-8,14-15,25H,9-13H2,1-2H3,(H,23,30)/t14-,15+/m1/s1. The fourth-order valence-corrected chi connectivity index (χ4v) is 2.98. The van der Waals surface area contributed by atoms with Gasteiger partial charge in [-0.3, -0.25) is 28.9 Å². The molecule has 1 aliphatic rings. The van der Waals surface area contributed by atoms with Crippen molar-refractivity contribution >= 4 is 29.3 Å². The SMILES string of the molecule is C[C@H](CC(=O)CCN1C(=O)C=CC1=O)C(=O)N[C@@H](C)C(=O)Cc1ccc(CO)cc1. The van der Waals surface area contributed by atoms with Gasteiger partial charge in [0.25, 0.3) is 11.8 Å². The van der Waals surface area contributed by atoms with Crippen LogP contribution in [-0.2, 0) is 37.0 Å². The molecular formula is C22H26N2O6. The normalized spacial score (nSPS) is 15.2. The maximum Gasteiger partial charge on any atom is 0.253 e. The molecular weight excluding hydrogens is 388 g/mol. The van der Waals surface area contributed by atoms with Gasteiger partial charge in [0.2, 0.25) is 5.91 Å². The lowest BCUT2D eigenvalue weighted by atomic mass is 10.00. The smallest absolute Gasteiger partial charge is 0.253 e. The van der Waals surface area contributed by atoms with E-state index in [1.807, 2.05) is 0 Å². The molecule has 1 aliphatic heterocycles. The molecule has 2 N–H and O–H groups in total. The number of aliphatic hydroxyl groups is 1. The summed E-state index contributed by atoms with van der Waals surface area (Å²) in [6.07, 6.45) is 2.39. The van der Waals surface area contributed by atoms with Gasteiger partial charge in [-0.1, -0.05) is 31.2 Å². The van der Waals surface area contributed by atoms with E-state index in [2.05, 4.69) is 5.32 Å². The maximum absolute atomic E-state index is 12.4. The van der Waals surface area contributed by atoms with Crippen molar-refractivity contribution in [3.63, 3.8) is 0 Å². The second-order valence-corrected chi connectivity index (χ2v) is 7.40. The summed E-state index contributed by atoms with van der Waals surface area (Å²) in [4.78, 5) is 60.7. The minimum atomic E-state index is -0.710. The second-order valence-electron chi connectivity index (χ2n) is 7.40. The topological polar surface area (TPSA) is 121 Å². The van der Waals surface area contributed by atoms with Crippen molar-refractivity contribution in [1.29, 1.82) is 0 Å². The van der Waals surface area contributed by atoms with Crippen molar-refractivity contribution < 1.29 is 29.1 Å². The Morgan fingerprint density at radius 3 is 2.13 bits per heavy atom. The van der Waals surface area contributed by atoms with Crippen LogP contribution < -0.4 is 5.32 Å². The van der Waals surface area contributed by atoms with Crippen molar-refractivity contribution in [3.05, 3.63) is 47.5 Å². The van der Waals surface area contributed by atoms with E-state index in [4.69, 9.17) is 5.11 Å². The van der Waals surface area contributed by atoms with Crippen LogP contribution in [-0.4, -0.2) is 51.9 Å². The van der Waals surface area contributed by atoms with Gasteiger partial charge in [0.1, 0.15) is 5.78 Å². The van der Waals surface area contributed by atoms with Crippen molar-refractivity contribution in [1.82, 2.24) is 10.2 Å². The average molecular weight is 414 g/mol. The molecule has 0 aromatic heterocycles. The Labute approximate surface area is 174 Å². The van der Waals surface area contributed by atoms with Gasteiger partial charge in [-0.2, -0.15) is 0 Å². The Morgan fingerprint density at radius 1 is 1.00 bits per heavy atom. The first kappa shape index (κ1) is 23.2. The van der Waals surface area contributed by atoms with Gasteiger partial charge in [-0.15, -0.1) is 0 Å². The van der Waals surface area contributed by atoms with Crippen LogP contribution in [0.1, 0.15) is 37.8 Å². The van der Waals surface area contributed by atoms with Gasteiger partial charge in [-0.25, -0.2) is 0 Å². The highest BCUT2D eigenvalue weighted by molar-refractivity contribution is 6.13. The number of carbonyl (C=O) groups is 5. The zero-order valence-electron chi connectivity index (χ0n) is 17.1. The van der Waals surface area contributed by atoms with Gasteiger partial charge in [0.15, 0.2) is 5.78 Å². The van der Waals surface area contributed by atoms with Gasteiger partial charge in [0.05, 0.1) is 12.6 Å². The summed E-state index contributed by atoms with van der Waals surface area (Å²) in [7, 11) is 0. The van der Waals surface area contributed by atoms with Crippen LogP contribution in [0.25, 0.3) is 0 Å². The molecule has 1 aromatic rings. The Hall–Kier alpha value is -3.13. The molecule has 0 spiro atoms. The van der Waals surface area contributed by atoms with Gasteiger partial charge in [-0.05, 0) is 18.1 Å². The lowest BCUT2D eigenvalue weighted by Crippen LogP contribution is -2.42. The van der Waals surface area contributed by atoms with Crippen LogP contribution in [0.15, 0.2) is 36.4 Å². The number of imide groups is 1. The summed E-state index contributed by atoms with van der Waals surface area (Å²) in [6.45, 7) is 3.10. The van der Waals surface area contributed by atoms with Crippen LogP contribution in [0.2, 0.25) is 0 Å². The Kier molecular flexibility index (Phi) is 8.17. The van der Waals surface area contributed by atoms with E-state index >= 15 is 0 Å². The third-order valence-corrected chi connectivity index (χ3v) is 4.92. The van der Waals surface area contributed by atoms with E-state index in [-0.39, 0.29) is 44.0 Å². The number of nitrogens with zero attached hydrogens (tertiary/aromatic N) is 1. The number of nitrogens with one attached hydrogen (secondary N) is 1. The molecule has 0 saturated heterocycles. The third kappa shape index (κ3) is 6.45. The molecule has 1 heterocycles.